The van der Waals surface area contributed by atoms with E-state index in [0.29, 0.717) is 25.2 Å². The molecule has 4 rings (SSSR count). The van der Waals surface area contributed by atoms with Gasteiger partial charge in [-0.05, 0) is 62.1 Å². The molecule has 0 unspecified atom stereocenters. The number of sulfonamides is 1. The summed E-state index contributed by atoms with van der Waals surface area (Å²) in [4.78, 5) is 22.5. The van der Waals surface area contributed by atoms with Gasteiger partial charge in [0.1, 0.15) is 0 Å². The number of nitrogens with one attached hydrogen (secondary N) is 1. The van der Waals surface area contributed by atoms with Crippen LogP contribution in [0.4, 0.5) is 5.13 Å². The largest absolute Gasteiger partial charge is 0.351 e. The van der Waals surface area contributed by atoms with Gasteiger partial charge in [0.2, 0.25) is 10.0 Å². The molecule has 0 spiro atoms. The monoisotopic (exact) mass is 557 g/mol. The van der Waals surface area contributed by atoms with Crippen LogP contribution in [0.25, 0.3) is 10.2 Å². The van der Waals surface area contributed by atoms with Crippen LogP contribution < -0.4 is 10.2 Å². The minimum absolute atomic E-state index is 0.188. The van der Waals surface area contributed by atoms with Gasteiger partial charge in [-0.3, -0.25) is 9.69 Å². The van der Waals surface area contributed by atoms with Crippen molar-refractivity contribution in [2.45, 2.75) is 45.4 Å². The van der Waals surface area contributed by atoms with Crippen molar-refractivity contribution < 1.29 is 13.2 Å². The predicted molar refractivity (Wildman–Crippen MR) is 156 cm³/mol. The zero-order valence-electron chi connectivity index (χ0n) is 22.9. The number of fused-ring (bicyclic) bond motifs is 1. The molecule has 1 amide bonds. The van der Waals surface area contributed by atoms with Gasteiger partial charge in [0.05, 0.1) is 15.1 Å². The van der Waals surface area contributed by atoms with Crippen molar-refractivity contribution in [3.63, 3.8) is 0 Å². The lowest BCUT2D eigenvalue weighted by Gasteiger charge is -2.34. The molecule has 1 fully saturated rings. The van der Waals surface area contributed by atoms with Crippen molar-refractivity contribution >= 4 is 42.6 Å². The zero-order valence-corrected chi connectivity index (χ0v) is 24.5. The number of hydrogen-bond acceptors (Lipinski definition) is 7. The Morgan fingerprint density at radius 3 is 2.21 bits per heavy atom. The van der Waals surface area contributed by atoms with Crippen molar-refractivity contribution in [1.82, 2.24) is 19.5 Å². The van der Waals surface area contributed by atoms with E-state index < -0.39 is 10.0 Å². The number of piperazine rings is 1. The standard InChI is InChI=1S/C28H39N5O3S2/c1-5-14-33(15-6-2)38(35,36)24-11-9-23(10-12-24)27(34)29-13-16-31-17-19-32(20-18-31)28-30-25-21(3)7-8-22(4)26(25)37-28/h7-12H,5-6,13-20H2,1-4H3,(H,29,34). The molecule has 0 saturated carbocycles. The molecule has 206 valence electrons. The maximum Gasteiger partial charge on any atom is 0.251 e. The van der Waals surface area contributed by atoms with Crippen molar-refractivity contribution in [3.05, 3.63) is 53.1 Å². The van der Waals surface area contributed by atoms with Gasteiger partial charge >= 0.3 is 0 Å². The first-order valence-electron chi connectivity index (χ1n) is 13.5. The van der Waals surface area contributed by atoms with Crippen LogP contribution in [0.1, 0.15) is 48.2 Å². The third-order valence-corrected chi connectivity index (χ3v) is 10.2. The summed E-state index contributed by atoms with van der Waals surface area (Å²) in [6.07, 6.45) is 1.52. The van der Waals surface area contributed by atoms with E-state index in [1.807, 2.05) is 13.8 Å². The average Bonchev–Trinajstić information content (AvgIpc) is 3.38. The lowest BCUT2D eigenvalue weighted by Crippen LogP contribution is -2.48. The van der Waals surface area contributed by atoms with E-state index in [1.54, 1.807) is 23.5 Å². The molecule has 0 aliphatic carbocycles. The van der Waals surface area contributed by atoms with E-state index in [9.17, 15) is 13.2 Å². The van der Waals surface area contributed by atoms with Crippen LogP contribution in [0, 0.1) is 13.8 Å². The molecule has 1 aromatic heterocycles. The Morgan fingerprint density at radius 2 is 1.61 bits per heavy atom. The van der Waals surface area contributed by atoms with Crippen LogP contribution in [0.2, 0.25) is 0 Å². The first kappa shape index (κ1) is 28.5. The summed E-state index contributed by atoms with van der Waals surface area (Å²) in [6, 6.07) is 10.6. The summed E-state index contributed by atoms with van der Waals surface area (Å²) in [6.45, 7) is 14.1. The van der Waals surface area contributed by atoms with Crippen LogP contribution in [0.15, 0.2) is 41.3 Å². The lowest BCUT2D eigenvalue weighted by molar-refractivity contribution is 0.0947. The fraction of sp³-hybridized carbons (Fsp3) is 0.500. The normalized spacial score (nSPS) is 14.9. The quantitative estimate of drug-likeness (QED) is 0.379. The minimum atomic E-state index is -3.55. The third-order valence-electron chi connectivity index (χ3n) is 6.99. The fourth-order valence-electron chi connectivity index (χ4n) is 4.75. The van der Waals surface area contributed by atoms with Gasteiger partial charge in [-0.1, -0.05) is 37.3 Å². The number of nitrogens with zero attached hydrogens (tertiary/aromatic N) is 4. The molecule has 38 heavy (non-hydrogen) atoms. The van der Waals surface area contributed by atoms with Crippen LogP contribution in [0.5, 0.6) is 0 Å². The van der Waals surface area contributed by atoms with Crippen molar-refractivity contribution in [1.29, 1.82) is 0 Å². The molecule has 1 aliphatic heterocycles. The second-order valence-corrected chi connectivity index (χ2v) is 12.8. The maximum atomic E-state index is 12.9. The van der Waals surface area contributed by atoms with E-state index in [4.69, 9.17) is 4.98 Å². The SMILES string of the molecule is CCCN(CCC)S(=O)(=O)c1ccc(C(=O)NCCN2CCN(c3nc4c(C)ccc(C)c4s3)CC2)cc1. The first-order valence-corrected chi connectivity index (χ1v) is 15.7. The lowest BCUT2D eigenvalue weighted by atomic mass is 10.1. The van der Waals surface area contributed by atoms with Gasteiger partial charge in [0, 0.05) is 57.9 Å². The van der Waals surface area contributed by atoms with Crippen LogP contribution in [-0.2, 0) is 10.0 Å². The molecule has 0 atom stereocenters. The van der Waals surface area contributed by atoms with Gasteiger partial charge < -0.3 is 10.2 Å². The van der Waals surface area contributed by atoms with Crippen LogP contribution in [-0.4, -0.2) is 80.9 Å². The van der Waals surface area contributed by atoms with Crippen LogP contribution >= 0.6 is 11.3 Å². The van der Waals surface area contributed by atoms with E-state index in [2.05, 4.69) is 41.1 Å². The van der Waals surface area contributed by atoms with E-state index in [1.165, 1.54) is 32.3 Å². The number of carbonyl (C=O) groups excluding carboxylic acids is 1. The molecule has 0 radical (unpaired) electrons. The highest BCUT2D eigenvalue weighted by Gasteiger charge is 2.24. The first-order chi connectivity index (χ1) is 18.2. The average molecular weight is 558 g/mol. The Kier molecular flexibility index (Phi) is 9.40. The predicted octanol–water partition coefficient (Wildman–Crippen LogP) is 4.28. The van der Waals surface area contributed by atoms with Crippen molar-refractivity contribution in [3.8, 4) is 0 Å². The molecule has 8 nitrogen and oxygen atoms in total. The van der Waals surface area contributed by atoms with Gasteiger partial charge in [-0.2, -0.15) is 4.31 Å². The topological polar surface area (TPSA) is 85.8 Å². The highest BCUT2D eigenvalue weighted by atomic mass is 32.2. The molecule has 1 saturated heterocycles. The van der Waals surface area contributed by atoms with Crippen LogP contribution in [0.3, 0.4) is 0 Å². The fourth-order valence-corrected chi connectivity index (χ4v) is 7.54. The molecule has 1 N–H and O–H groups in total. The van der Waals surface area contributed by atoms with E-state index in [-0.39, 0.29) is 10.8 Å². The van der Waals surface area contributed by atoms with Gasteiger partial charge in [0.15, 0.2) is 5.13 Å². The zero-order chi connectivity index (χ0) is 27.3. The maximum absolute atomic E-state index is 12.9. The minimum Gasteiger partial charge on any atom is -0.351 e. The van der Waals surface area contributed by atoms with E-state index >= 15 is 0 Å². The summed E-state index contributed by atoms with van der Waals surface area (Å²) in [5.41, 5.74) is 4.07. The molecular weight excluding hydrogens is 518 g/mol. The Bertz CT molecular complexity index is 1300. The number of hydrogen-bond donors (Lipinski definition) is 1. The number of anilines is 1. The number of rotatable bonds is 11. The number of aromatic nitrogens is 1. The summed E-state index contributed by atoms with van der Waals surface area (Å²) >= 11 is 1.77. The van der Waals surface area contributed by atoms with E-state index in [0.717, 1.165) is 56.2 Å². The number of carbonyl (C=O) groups is 1. The Balaban J connectivity index is 1.26. The summed E-state index contributed by atoms with van der Waals surface area (Å²) in [5, 5.41) is 4.06. The van der Waals surface area contributed by atoms with Crippen molar-refractivity contribution in [2.24, 2.45) is 0 Å². The number of benzene rings is 2. The van der Waals surface area contributed by atoms with Gasteiger partial charge in [-0.15, -0.1) is 0 Å². The van der Waals surface area contributed by atoms with Crippen molar-refractivity contribution in [2.75, 3.05) is 57.3 Å². The number of thiazole rings is 1. The number of amides is 1. The molecular formula is C28H39N5O3S2. The summed E-state index contributed by atoms with van der Waals surface area (Å²) in [7, 11) is -3.55. The molecule has 0 bridgehead atoms. The third kappa shape index (κ3) is 6.36. The van der Waals surface area contributed by atoms with Gasteiger partial charge in [-0.25, -0.2) is 13.4 Å². The highest BCUT2D eigenvalue weighted by Crippen LogP contribution is 2.33. The molecule has 2 heterocycles. The molecule has 1 aliphatic rings. The second kappa shape index (κ2) is 12.5. The molecule has 10 heteroatoms. The Hall–Kier alpha value is -2.53. The molecule has 2 aromatic carbocycles. The second-order valence-electron chi connectivity index (χ2n) is 9.89. The Labute approximate surface area is 230 Å². The summed E-state index contributed by atoms with van der Waals surface area (Å²) in [5.74, 6) is -0.188. The number of aryl methyl sites for hydroxylation is 2. The van der Waals surface area contributed by atoms with Gasteiger partial charge in [0.25, 0.3) is 5.91 Å². The Morgan fingerprint density at radius 1 is 0.974 bits per heavy atom. The smallest absolute Gasteiger partial charge is 0.251 e. The summed E-state index contributed by atoms with van der Waals surface area (Å²) < 4.78 is 28.7. The molecule has 3 aromatic rings. The highest BCUT2D eigenvalue weighted by molar-refractivity contribution is 7.89.